The number of rotatable bonds is 2. The molecule has 1 heterocycles. The molecule has 3 atom stereocenters. The summed E-state index contributed by atoms with van der Waals surface area (Å²) in [6, 6.07) is 3.96. The molecule has 5 nitrogen and oxygen atoms in total. The predicted octanol–water partition coefficient (Wildman–Crippen LogP) is 1.34. The van der Waals surface area contributed by atoms with Crippen LogP contribution in [-0.4, -0.2) is 43.3 Å². The molecule has 1 saturated heterocycles. The molecule has 3 aliphatic rings. The summed E-state index contributed by atoms with van der Waals surface area (Å²) in [5.74, 6) is 1.57. The maximum atomic E-state index is 12.3. The molecular formula is C18H23NO4. The third-order valence-electron chi connectivity index (χ3n) is 6.17. The number of methoxy groups -OCH3 is 2. The van der Waals surface area contributed by atoms with Crippen molar-refractivity contribution < 1.29 is 19.4 Å². The van der Waals surface area contributed by atoms with Gasteiger partial charge in [0, 0.05) is 29.9 Å². The van der Waals surface area contributed by atoms with Gasteiger partial charge in [-0.1, -0.05) is 6.07 Å². The van der Waals surface area contributed by atoms with Gasteiger partial charge in [0.05, 0.1) is 19.8 Å². The molecule has 4 rings (SSSR count). The Morgan fingerprint density at radius 2 is 2.09 bits per heavy atom. The van der Waals surface area contributed by atoms with Crippen LogP contribution in [0.2, 0.25) is 0 Å². The van der Waals surface area contributed by atoms with Crippen LogP contribution in [0.3, 0.4) is 0 Å². The average Bonchev–Trinajstić information content (AvgIpc) is 2.54. The van der Waals surface area contributed by atoms with E-state index in [9.17, 15) is 9.90 Å². The Labute approximate surface area is 136 Å². The molecule has 1 aliphatic heterocycles. The van der Waals surface area contributed by atoms with Crippen LogP contribution in [0.15, 0.2) is 12.1 Å². The van der Waals surface area contributed by atoms with Gasteiger partial charge in [-0.2, -0.15) is 0 Å². The Kier molecular flexibility index (Phi) is 3.22. The largest absolute Gasteiger partial charge is 0.493 e. The van der Waals surface area contributed by atoms with Crippen molar-refractivity contribution in [2.45, 2.75) is 49.2 Å². The first-order valence-corrected chi connectivity index (χ1v) is 8.27. The first-order valence-electron chi connectivity index (χ1n) is 8.27. The molecule has 23 heavy (non-hydrogen) atoms. The van der Waals surface area contributed by atoms with Crippen molar-refractivity contribution in [2.24, 2.45) is 0 Å². The van der Waals surface area contributed by atoms with Gasteiger partial charge >= 0.3 is 0 Å². The van der Waals surface area contributed by atoms with E-state index in [0.717, 1.165) is 30.5 Å². The van der Waals surface area contributed by atoms with Gasteiger partial charge in [-0.05, 0) is 37.4 Å². The topological polar surface area (TPSA) is 67.8 Å². The van der Waals surface area contributed by atoms with Crippen molar-refractivity contribution in [2.75, 3.05) is 20.8 Å². The lowest BCUT2D eigenvalue weighted by Crippen LogP contribution is -2.72. The van der Waals surface area contributed by atoms with E-state index < -0.39 is 11.0 Å². The van der Waals surface area contributed by atoms with E-state index in [0.29, 0.717) is 30.8 Å². The normalized spacial score (nSPS) is 35.3. The number of benzene rings is 1. The molecule has 1 aromatic rings. The highest BCUT2D eigenvalue weighted by atomic mass is 16.5. The maximum Gasteiger partial charge on any atom is 0.164 e. The number of ether oxygens (including phenoxy) is 2. The number of piperidine rings is 1. The molecule has 2 bridgehead atoms. The van der Waals surface area contributed by atoms with Gasteiger partial charge in [-0.3, -0.25) is 4.79 Å². The summed E-state index contributed by atoms with van der Waals surface area (Å²) in [5.41, 5.74) is 0.684. The molecule has 2 N–H and O–H groups in total. The Balaban J connectivity index is 2.02. The summed E-state index contributed by atoms with van der Waals surface area (Å²) < 4.78 is 11.2. The minimum Gasteiger partial charge on any atom is -0.493 e. The second kappa shape index (κ2) is 4.95. The van der Waals surface area contributed by atoms with Crippen LogP contribution in [0.5, 0.6) is 11.5 Å². The fraction of sp³-hybridized carbons (Fsp3) is 0.611. The summed E-state index contributed by atoms with van der Waals surface area (Å²) in [7, 11) is 3.25. The van der Waals surface area contributed by atoms with E-state index in [1.165, 1.54) is 0 Å². The second-order valence-electron chi connectivity index (χ2n) is 7.02. The van der Waals surface area contributed by atoms with Crippen molar-refractivity contribution in [1.82, 2.24) is 5.32 Å². The molecular weight excluding hydrogens is 294 g/mol. The van der Waals surface area contributed by atoms with Gasteiger partial charge in [-0.25, -0.2) is 0 Å². The molecule has 2 fully saturated rings. The molecule has 0 radical (unpaired) electrons. The lowest BCUT2D eigenvalue weighted by molar-refractivity contribution is -0.149. The molecule has 5 heteroatoms. The number of carbonyl (C=O) groups is 1. The average molecular weight is 317 g/mol. The van der Waals surface area contributed by atoms with E-state index in [4.69, 9.17) is 9.47 Å². The van der Waals surface area contributed by atoms with Crippen LogP contribution in [0.4, 0.5) is 0 Å². The third-order valence-corrected chi connectivity index (χ3v) is 6.17. The van der Waals surface area contributed by atoms with Crippen molar-refractivity contribution in [3.05, 3.63) is 23.3 Å². The SMILES string of the molecule is COc1ccc2c(c1OC)C13CCNC(C2)C1(O)CCC(=O)C3. The zero-order chi connectivity index (χ0) is 16.2. The first-order chi connectivity index (χ1) is 11.1. The van der Waals surface area contributed by atoms with Gasteiger partial charge in [-0.15, -0.1) is 0 Å². The van der Waals surface area contributed by atoms with Gasteiger partial charge in [0.2, 0.25) is 0 Å². The van der Waals surface area contributed by atoms with E-state index in [1.54, 1.807) is 14.2 Å². The zero-order valence-corrected chi connectivity index (χ0v) is 13.6. The quantitative estimate of drug-likeness (QED) is 0.862. The zero-order valence-electron chi connectivity index (χ0n) is 13.6. The third kappa shape index (κ3) is 1.78. The minimum absolute atomic E-state index is 0.00467. The number of aliphatic hydroxyl groups is 1. The molecule has 0 aromatic heterocycles. The summed E-state index contributed by atoms with van der Waals surface area (Å²) >= 11 is 0. The molecule has 0 spiro atoms. The van der Waals surface area contributed by atoms with E-state index >= 15 is 0 Å². The Morgan fingerprint density at radius 3 is 2.83 bits per heavy atom. The monoisotopic (exact) mass is 317 g/mol. The molecule has 124 valence electrons. The van der Waals surface area contributed by atoms with Crippen LogP contribution < -0.4 is 14.8 Å². The fourth-order valence-corrected chi connectivity index (χ4v) is 5.14. The number of ketones is 1. The lowest BCUT2D eigenvalue weighted by Gasteiger charge is -2.60. The molecule has 1 aromatic carbocycles. The van der Waals surface area contributed by atoms with Crippen molar-refractivity contribution in [3.8, 4) is 11.5 Å². The summed E-state index contributed by atoms with van der Waals surface area (Å²) in [6.07, 6.45) is 2.85. The van der Waals surface area contributed by atoms with Crippen LogP contribution in [-0.2, 0) is 16.6 Å². The van der Waals surface area contributed by atoms with E-state index in [-0.39, 0.29) is 11.8 Å². The van der Waals surface area contributed by atoms with Crippen LogP contribution in [0.1, 0.15) is 36.8 Å². The summed E-state index contributed by atoms with van der Waals surface area (Å²) in [5, 5.41) is 15.1. The number of nitrogens with one attached hydrogen (secondary N) is 1. The van der Waals surface area contributed by atoms with Crippen molar-refractivity contribution in [1.29, 1.82) is 0 Å². The Morgan fingerprint density at radius 1 is 1.26 bits per heavy atom. The van der Waals surface area contributed by atoms with E-state index in [2.05, 4.69) is 11.4 Å². The Hall–Kier alpha value is -1.59. The fourth-order valence-electron chi connectivity index (χ4n) is 5.14. The number of hydrogen-bond donors (Lipinski definition) is 2. The highest BCUT2D eigenvalue weighted by molar-refractivity contribution is 5.83. The maximum absolute atomic E-state index is 12.3. The van der Waals surface area contributed by atoms with Crippen LogP contribution >= 0.6 is 0 Å². The van der Waals surface area contributed by atoms with Gasteiger partial charge in [0.15, 0.2) is 11.5 Å². The van der Waals surface area contributed by atoms with Crippen molar-refractivity contribution >= 4 is 5.78 Å². The number of fused-ring (bicyclic) bond motifs is 1. The minimum atomic E-state index is -0.897. The molecule has 2 aliphatic carbocycles. The van der Waals surface area contributed by atoms with Gasteiger partial charge in [0.1, 0.15) is 5.78 Å². The predicted molar refractivity (Wildman–Crippen MR) is 85.1 cm³/mol. The Bertz CT molecular complexity index is 673. The summed E-state index contributed by atoms with van der Waals surface area (Å²) in [4.78, 5) is 12.3. The van der Waals surface area contributed by atoms with Crippen molar-refractivity contribution in [3.63, 3.8) is 0 Å². The highest BCUT2D eigenvalue weighted by Gasteiger charge is 2.64. The first kappa shape index (κ1) is 15.0. The summed E-state index contributed by atoms with van der Waals surface area (Å²) in [6.45, 7) is 0.806. The standard InChI is InChI=1S/C18H23NO4/c1-22-13-4-3-11-9-14-18(21)6-5-12(20)10-17(18,7-8-19-14)15(11)16(13)23-2/h3-4,14,19,21H,5-10H2,1-2H3. The smallest absolute Gasteiger partial charge is 0.164 e. The highest BCUT2D eigenvalue weighted by Crippen LogP contribution is 2.59. The number of hydrogen-bond acceptors (Lipinski definition) is 5. The molecule has 3 unspecified atom stereocenters. The molecule has 1 saturated carbocycles. The van der Waals surface area contributed by atoms with Gasteiger partial charge < -0.3 is 19.9 Å². The van der Waals surface area contributed by atoms with Crippen LogP contribution in [0, 0.1) is 0 Å². The lowest BCUT2D eigenvalue weighted by atomic mass is 9.49. The van der Waals surface area contributed by atoms with Crippen LogP contribution in [0.25, 0.3) is 0 Å². The van der Waals surface area contributed by atoms with E-state index in [1.807, 2.05) is 6.07 Å². The molecule has 0 amide bonds. The second-order valence-corrected chi connectivity index (χ2v) is 7.02. The number of carbonyl (C=O) groups excluding carboxylic acids is 1. The number of Topliss-reactive ketones (excluding diaryl/α,β-unsaturated/α-hetero) is 1. The van der Waals surface area contributed by atoms with Gasteiger partial charge in [0.25, 0.3) is 0 Å².